The predicted molar refractivity (Wildman–Crippen MR) is 77.9 cm³/mol. The van der Waals surface area contributed by atoms with Gasteiger partial charge >= 0.3 is 0 Å². The van der Waals surface area contributed by atoms with Gasteiger partial charge in [-0.15, -0.1) is 0 Å². The molecular formula is C14H14N4O4. The third-order valence-electron chi connectivity index (χ3n) is 2.92. The van der Waals surface area contributed by atoms with Crippen molar-refractivity contribution in [2.24, 2.45) is 0 Å². The lowest BCUT2D eigenvalue weighted by molar-refractivity contribution is -0.384. The predicted octanol–water partition coefficient (Wildman–Crippen LogP) is 1.24. The molecule has 22 heavy (non-hydrogen) atoms. The molecule has 0 aliphatic carbocycles. The Balaban J connectivity index is 1.86. The monoisotopic (exact) mass is 302 g/mol. The van der Waals surface area contributed by atoms with Crippen molar-refractivity contribution >= 4 is 17.5 Å². The standard InChI is InChI=1S/C14H14N4O4/c1-9-2-4-10(5-3-9)6-13(19)16-17-14(20)12-7-11(8-15-12)18(21)22/h2-5,7-8,15H,6H2,1H3,(H,16,19)(H,17,20). The second kappa shape index (κ2) is 6.53. The summed E-state index contributed by atoms with van der Waals surface area (Å²) in [5.74, 6) is -1.05. The maximum atomic E-state index is 11.7. The molecule has 8 heteroatoms. The Bertz CT molecular complexity index is 706. The fourth-order valence-corrected chi connectivity index (χ4v) is 1.75. The number of aromatic amines is 1. The fraction of sp³-hybridized carbons (Fsp3) is 0.143. The van der Waals surface area contributed by atoms with Crippen molar-refractivity contribution in [3.05, 3.63) is 63.5 Å². The van der Waals surface area contributed by atoms with Crippen molar-refractivity contribution in [1.82, 2.24) is 15.8 Å². The van der Waals surface area contributed by atoms with Gasteiger partial charge in [0.15, 0.2) is 0 Å². The molecule has 0 aliphatic heterocycles. The number of amides is 2. The highest BCUT2D eigenvalue weighted by Crippen LogP contribution is 2.11. The molecule has 1 heterocycles. The highest BCUT2D eigenvalue weighted by Gasteiger charge is 2.14. The van der Waals surface area contributed by atoms with Gasteiger partial charge in [0.25, 0.3) is 11.6 Å². The molecule has 0 bridgehead atoms. The van der Waals surface area contributed by atoms with Gasteiger partial charge in [-0.05, 0) is 12.5 Å². The minimum Gasteiger partial charge on any atom is -0.351 e. The first-order chi connectivity index (χ1) is 10.5. The first-order valence-electron chi connectivity index (χ1n) is 6.43. The normalized spacial score (nSPS) is 10.0. The van der Waals surface area contributed by atoms with E-state index in [9.17, 15) is 19.7 Å². The van der Waals surface area contributed by atoms with Crippen LogP contribution in [-0.4, -0.2) is 21.7 Å². The summed E-state index contributed by atoms with van der Waals surface area (Å²) >= 11 is 0. The van der Waals surface area contributed by atoms with Gasteiger partial charge in [-0.3, -0.25) is 30.6 Å². The maximum Gasteiger partial charge on any atom is 0.287 e. The number of nitro groups is 1. The second-order valence-electron chi connectivity index (χ2n) is 4.69. The van der Waals surface area contributed by atoms with Crippen molar-refractivity contribution in [2.75, 3.05) is 0 Å². The van der Waals surface area contributed by atoms with Crippen LogP contribution in [0.3, 0.4) is 0 Å². The molecule has 1 aromatic carbocycles. The molecule has 0 saturated carbocycles. The number of hydrazine groups is 1. The number of benzene rings is 1. The summed E-state index contributed by atoms with van der Waals surface area (Å²) in [5, 5.41) is 10.5. The number of carbonyl (C=O) groups is 2. The van der Waals surface area contributed by atoms with Crippen LogP contribution in [0.2, 0.25) is 0 Å². The van der Waals surface area contributed by atoms with E-state index < -0.39 is 16.7 Å². The molecule has 3 N–H and O–H groups in total. The van der Waals surface area contributed by atoms with E-state index in [4.69, 9.17) is 0 Å². The zero-order valence-corrected chi connectivity index (χ0v) is 11.8. The van der Waals surface area contributed by atoms with Crippen LogP contribution in [-0.2, 0) is 11.2 Å². The number of nitrogens with zero attached hydrogens (tertiary/aromatic N) is 1. The number of H-pyrrole nitrogens is 1. The van der Waals surface area contributed by atoms with Crippen molar-refractivity contribution in [2.45, 2.75) is 13.3 Å². The molecule has 114 valence electrons. The van der Waals surface area contributed by atoms with E-state index in [-0.39, 0.29) is 17.8 Å². The number of carbonyl (C=O) groups excluding carboxylic acids is 2. The van der Waals surface area contributed by atoms with Crippen molar-refractivity contribution < 1.29 is 14.5 Å². The van der Waals surface area contributed by atoms with E-state index in [1.165, 1.54) is 0 Å². The van der Waals surface area contributed by atoms with Crippen molar-refractivity contribution in [3.63, 3.8) is 0 Å². The van der Waals surface area contributed by atoms with Crippen LogP contribution in [0.4, 0.5) is 5.69 Å². The summed E-state index contributed by atoms with van der Waals surface area (Å²) in [4.78, 5) is 35.8. The largest absolute Gasteiger partial charge is 0.351 e. The summed E-state index contributed by atoms with van der Waals surface area (Å²) in [5.41, 5.74) is 6.11. The summed E-state index contributed by atoms with van der Waals surface area (Å²) in [6.07, 6.45) is 1.22. The molecule has 0 aliphatic rings. The number of aromatic nitrogens is 1. The van der Waals surface area contributed by atoms with E-state index in [0.29, 0.717) is 0 Å². The number of hydrogen-bond acceptors (Lipinski definition) is 4. The van der Waals surface area contributed by atoms with Crippen LogP contribution in [0, 0.1) is 17.0 Å². The zero-order valence-electron chi connectivity index (χ0n) is 11.8. The molecule has 0 unspecified atom stereocenters. The summed E-state index contributed by atoms with van der Waals surface area (Å²) in [7, 11) is 0. The van der Waals surface area contributed by atoms with Gasteiger partial charge in [0.05, 0.1) is 17.5 Å². The van der Waals surface area contributed by atoms with Crippen LogP contribution in [0.1, 0.15) is 21.6 Å². The Morgan fingerprint density at radius 2 is 1.91 bits per heavy atom. The smallest absolute Gasteiger partial charge is 0.287 e. The third kappa shape index (κ3) is 3.92. The first-order valence-corrected chi connectivity index (χ1v) is 6.43. The third-order valence-corrected chi connectivity index (χ3v) is 2.92. The van der Waals surface area contributed by atoms with E-state index in [0.717, 1.165) is 23.4 Å². The maximum absolute atomic E-state index is 11.7. The van der Waals surface area contributed by atoms with Gasteiger partial charge in [-0.1, -0.05) is 29.8 Å². The highest BCUT2D eigenvalue weighted by molar-refractivity contribution is 5.94. The number of rotatable bonds is 4. The molecule has 1 aromatic heterocycles. The Morgan fingerprint density at radius 1 is 1.23 bits per heavy atom. The molecule has 0 fully saturated rings. The van der Waals surface area contributed by atoms with E-state index in [2.05, 4.69) is 15.8 Å². The molecule has 2 amide bonds. The Kier molecular flexibility index (Phi) is 4.52. The zero-order chi connectivity index (χ0) is 16.1. The molecule has 0 atom stereocenters. The van der Waals surface area contributed by atoms with E-state index in [1.54, 1.807) is 0 Å². The van der Waals surface area contributed by atoms with Gasteiger partial charge in [0.2, 0.25) is 5.91 Å². The average Bonchev–Trinajstić information content (AvgIpc) is 2.97. The lowest BCUT2D eigenvalue weighted by Crippen LogP contribution is -2.42. The fourth-order valence-electron chi connectivity index (χ4n) is 1.75. The lowest BCUT2D eigenvalue weighted by atomic mass is 10.1. The second-order valence-corrected chi connectivity index (χ2v) is 4.69. The van der Waals surface area contributed by atoms with Crippen LogP contribution in [0.15, 0.2) is 36.5 Å². The van der Waals surface area contributed by atoms with Gasteiger partial charge in [0.1, 0.15) is 5.69 Å². The van der Waals surface area contributed by atoms with Crippen molar-refractivity contribution in [3.8, 4) is 0 Å². The van der Waals surface area contributed by atoms with Crippen LogP contribution in [0.25, 0.3) is 0 Å². The highest BCUT2D eigenvalue weighted by atomic mass is 16.6. The topological polar surface area (TPSA) is 117 Å². The molecular weight excluding hydrogens is 288 g/mol. The minimum atomic E-state index is -0.662. The lowest BCUT2D eigenvalue weighted by Gasteiger charge is -2.06. The van der Waals surface area contributed by atoms with Gasteiger partial charge in [0, 0.05) is 6.07 Å². The molecule has 2 aromatic rings. The van der Waals surface area contributed by atoms with Crippen LogP contribution < -0.4 is 10.9 Å². The van der Waals surface area contributed by atoms with Gasteiger partial charge in [-0.2, -0.15) is 0 Å². The van der Waals surface area contributed by atoms with Crippen molar-refractivity contribution in [1.29, 1.82) is 0 Å². The van der Waals surface area contributed by atoms with Crippen LogP contribution in [0.5, 0.6) is 0 Å². The molecule has 0 radical (unpaired) electrons. The molecule has 0 saturated heterocycles. The Labute approximate surface area is 125 Å². The van der Waals surface area contributed by atoms with E-state index >= 15 is 0 Å². The van der Waals surface area contributed by atoms with Crippen LogP contribution >= 0.6 is 0 Å². The number of aryl methyl sites for hydroxylation is 1. The average molecular weight is 302 g/mol. The summed E-state index contributed by atoms with van der Waals surface area (Å²) in [6.45, 7) is 1.94. The SMILES string of the molecule is Cc1ccc(CC(=O)NNC(=O)c2cc([N+](=O)[O-])c[nH]2)cc1. The number of hydrogen-bond donors (Lipinski definition) is 3. The van der Waals surface area contributed by atoms with E-state index in [1.807, 2.05) is 31.2 Å². The Morgan fingerprint density at radius 3 is 2.50 bits per heavy atom. The van der Waals surface area contributed by atoms with Gasteiger partial charge in [-0.25, -0.2) is 0 Å². The molecule has 2 rings (SSSR count). The minimum absolute atomic E-state index is 0.0117. The number of nitrogens with one attached hydrogen (secondary N) is 3. The van der Waals surface area contributed by atoms with Gasteiger partial charge < -0.3 is 4.98 Å². The molecule has 8 nitrogen and oxygen atoms in total. The molecule has 0 spiro atoms. The quantitative estimate of drug-likeness (QED) is 0.581. The first kappa shape index (κ1) is 15.2. The summed E-state index contributed by atoms with van der Waals surface area (Å²) in [6, 6.07) is 8.51. The summed E-state index contributed by atoms with van der Waals surface area (Å²) < 4.78 is 0. The Hall–Kier alpha value is -3.16.